The Bertz CT molecular complexity index is 399. The topological polar surface area (TPSA) is 27.1 Å². The van der Waals surface area contributed by atoms with Crippen LogP contribution in [0, 0.1) is 5.41 Å². The lowest BCUT2D eigenvalue weighted by molar-refractivity contribution is -0.141. The Labute approximate surface area is 111 Å². The van der Waals surface area contributed by atoms with Crippen LogP contribution in [0.2, 0.25) is 0 Å². The summed E-state index contributed by atoms with van der Waals surface area (Å²) >= 11 is 3.45. The van der Waals surface area contributed by atoms with Crippen molar-refractivity contribution in [1.82, 2.24) is 9.78 Å². The molecule has 0 unspecified atom stereocenters. The van der Waals surface area contributed by atoms with Gasteiger partial charge in [0.1, 0.15) is 0 Å². The van der Waals surface area contributed by atoms with E-state index in [0.717, 1.165) is 24.2 Å². The minimum atomic E-state index is -4.37. The van der Waals surface area contributed by atoms with E-state index in [0.29, 0.717) is 19.8 Å². The van der Waals surface area contributed by atoms with Crippen LogP contribution in [0.3, 0.4) is 0 Å². The van der Waals surface area contributed by atoms with Crippen molar-refractivity contribution < 1.29 is 17.9 Å². The lowest BCUT2D eigenvalue weighted by Crippen LogP contribution is -2.35. The van der Waals surface area contributed by atoms with E-state index in [1.165, 1.54) is 10.9 Å². The number of rotatable bonds is 3. The lowest BCUT2D eigenvalue weighted by atomic mass is 9.82. The molecule has 0 radical (unpaired) electrons. The van der Waals surface area contributed by atoms with Crippen molar-refractivity contribution in [3.05, 3.63) is 18.0 Å². The Morgan fingerprint density at radius 3 is 2.56 bits per heavy atom. The number of halogens is 4. The highest BCUT2D eigenvalue weighted by molar-refractivity contribution is 9.09. The molecule has 1 saturated heterocycles. The van der Waals surface area contributed by atoms with Gasteiger partial charge in [-0.1, -0.05) is 15.9 Å². The van der Waals surface area contributed by atoms with Crippen LogP contribution in [0.5, 0.6) is 0 Å². The molecule has 0 N–H and O–H groups in total. The molecule has 0 aliphatic carbocycles. The summed E-state index contributed by atoms with van der Waals surface area (Å²) in [4.78, 5) is 0. The van der Waals surface area contributed by atoms with Crippen LogP contribution in [0.15, 0.2) is 12.3 Å². The first-order valence-electron chi connectivity index (χ1n) is 5.70. The summed E-state index contributed by atoms with van der Waals surface area (Å²) in [5, 5.41) is 4.34. The number of nitrogens with zero attached hydrogens (tertiary/aromatic N) is 2. The molecule has 0 bridgehead atoms. The highest BCUT2D eigenvalue weighted by atomic mass is 79.9. The Hall–Kier alpha value is -0.560. The van der Waals surface area contributed by atoms with Crippen LogP contribution in [0.1, 0.15) is 18.5 Å². The van der Waals surface area contributed by atoms with E-state index in [9.17, 15) is 13.2 Å². The lowest BCUT2D eigenvalue weighted by Gasteiger charge is -2.35. The van der Waals surface area contributed by atoms with Gasteiger partial charge in [-0.25, -0.2) is 0 Å². The fraction of sp³-hybridized carbons (Fsp3) is 0.727. The molecule has 3 nitrogen and oxygen atoms in total. The number of ether oxygens (including phenoxy) is 1. The fourth-order valence-corrected chi connectivity index (χ4v) is 2.82. The quantitative estimate of drug-likeness (QED) is 0.798. The van der Waals surface area contributed by atoms with Crippen molar-refractivity contribution in [3.8, 4) is 0 Å². The zero-order valence-corrected chi connectivity index (χ0v) is 11.3. The number of hydrogen-bond acceptors (Lipinski definition) is 2. The molecule has 7 heteroatoms. The SMILES string of the molecule is FC(F)(F)c1ccn(CC2(CBr)CCOCC2)n1. The van der Waals surface area contributed by atoms with Gasteiger partial charge in [0.15, 0.2) is 5.69 Å². The van der Waals surface area contributed by atoms with E-state index in [2.05, 4.69) is 21.0 Å². The van der Waals surface area contributed by atoms with Gasteiger partial charge in [0.05, 0.1) is 0 Å². The molecule has 102 valence electrons. The van der Waals surface area contributed by atoms with Crippen LogP contribution >= 0.6 is 15.9 Å². The average Bonchev–Trinajstić information content (AvgIpc) is 2.78. The number of aromatic nitrogens is 2. The van der Waals surface area contributed by atoms with Gasteiger partial charge in [-0.3, -0.25) is 4.68 Å². The maximum Gasteiger partial charge on any atom is 0.435 e. The number of alkyl halides is 4. The van der Waals surface area contributed by atoms with E-state index in [1.54, 1.807) is 0 Å². The first kappa shape index (κ1) is 13.9. The van der Waals surface area contributed by atoms with Gasteiger partial charge in [-0.15, -0.1) is 0 Å². The summed E-state index contributed by atoms with van der Waals surface area (Å²) in [5.41, 5.74) is -0.896. The Morgan fingerprint density at radius 1 is 1.39 bits per heavy atom. The molecule has 1 aromatic heterocycles. The van der Waals surface area contributed by atoms with E-state index in [4.69, 9.17) is 4.74 Å². The summed E-state index contributed by atoms with van der Waals surface area (Å²) in [6, 6.07) is 1.02. The third-order valence-electron chi connectivity index (χ3n) is 3.27. The monoisotopic (exact) mass is 326 g/mol. The second-order valence-electron chi connectivity index (χ2n) is 4.64. The Kier molecular flexibility index (Phi) is 4.01. The molecule has 0 aromatic carbocycles. The minimum Gasteiger partial charge on any atom is -0.381 e. The van der Waals surface area contributed by atoms with E-state index < -0.39 is 11.9 Å². The van der Waals surface area contributed by atoms with Crippen LogP contribution in [-0.2, 0) is 17.5 Å². The largest absolute Gasteiger partial charge is 0.435 e. The zero-order chi connectivity index (χ0) is 13.2. The average molecular weight is 327 g/mol. The Balaban J connectivity index is 2.10. The van der Waals surface area contributed by atoms with Crippen LogP contribution < -0.4 is 0 Å². The fourth-order valence-electron chi connectivity index (χ4n) is 2.08. The van der Waals surface area contributed by atoms with E-state index in [-0.39, 0.29) is 5.41 Å². The Morgan fingerprint density at radius 2 is 2.06 bits per heavy atom. The third kappa shape index (κ3) is 3.06. The maximum atomic E-state index is 12.5. The molecule has 0 spiro atoms. The first-order chi connectivity index (χ1) is 8.45. The van der Waals surface area contributed by atoms with Crippen molar-refractivity contribution in [2.45, 2.75) is 25.6 Å². The molecular formula is C11H14BrF3N2O. The highest BCUT2D eigenvalue weighted by Crippen LogP contribution is 2.35. The smallest absolute Gasteiger partial charge is 0.381 e. The normalized spacial score (nSPS) is 20.0. The van der Waals surface area contributed by atoms with Crippen LogP contribution in [0.4, 0.5) is 13.2 Å². The third-order valence-corrected chi connectivity index (χ3v) is 4.45. The summed E-state index contributed by atoms with van der Waals surface area (Å²) in [7, 11) is 0. The van der Waals surface area contributed by atoms with Gasteiger partial charge in [0, 0.05) is 36.7 Å². The molecule has 0 atom stereocenters. The summed E-state index contributed by atoms with van der Waals surface area (Å²) in [6.07, 6.45) is -1.32. The molecule has 1 aromatic rings. The van der Waals surface area contributed by atoms with Gasteiger partial charge in [0.25, 0.3) is 0 Å². The second kappa shape index (κ2) is 5.21. The summed E-state index contributed by atoms with van der Waals surface area (Å²) < 4.78 is 44.0. The van der Waals surface area contributed by atoms with Gasteiger partial charge < -0.3 is 4.74 Å². The maximum absolute atomic E-state index is 12.5. The predicted molar refractivity (Wildman–Crippen MR) is 63.5 cm³/mol. The molecule has 1 fully saturated rings. The predicted octanol–water partition coefficient (Wildman–Crippen LogP) is 3.09. The first-order valence-corrected chi connectivity index (χ1v) is 6.82. The van der Waals surface area contributed by atoms with Crippen molar-refractivity contribution in [1.29, 1.82) is 0 Å². The molecule has 1 aliphatic heterocycles. The van der Waals surface area contributed by atoms with Crippen molar-refractivity contribution >= 4 is 15.9 Å². The van der Waals surface area contributed by atoms with E-state index >= 15 is 0 Å². The molecule has 2 rings (SSSR count). The van der Waals surface area contributed by atoms with Crippen LogP contribution in [-0.4, -0.2) is 28.3 Å². The molecule has 18 heavy (non-hydrogen) atoms. The molecule has 1 aliphatic rings. The van der Waals surface area contributed by atoms with Crippen molar-refractivity contribution in [2.75, 3.05) is 18.5 Å². The van der Waals surface area contributed by atoms with Gasteiger partial charge >= 0.3 is 6.18 Å². The van der Waals surface area contributed by atoms with Gasteiger partial charge in [0.2, 0.25) is 0 Å². The van der Waals surface area contributed by atoms with E-state index in [1.807, 2.05) is 0 Å². The number of hydrogen-bond donors (Lipinski definition) is 0. The standard InChI is InChI=1S/C11H14BrF3N2O/c12-7-10(2-5-18-6-3-10)8-17-4-1-9(16-17)11(13,14)15/h1,4H,2-3,5-8H2. The molecule has 2 heterocycles. The van der Waals surface area contributed by atoms with Crippen molar-refractivity contribution in [2.24, 2.45) is 5.41 Å². The minimum absolute atomic E-state index is 0.0624. The van der Waals surface area contributed by atoms with Crippen molar-refractivity contribution in [3.63, 3.8) is 0 Å². The van der Waals surface area contributed by atoms with Crippen LogP contribution in [0.25, 0.3) is 0 Å². The molecule has 0 amide bonds. The summed E-state index contributed by atoms with van der Waals surface area (Å²) in [6.45, 7) is 1.79. The van der Waals surface area contributed by atoms with Gasteiger partial charge in [-0.05, 0) is 18.9 Å². The van der Waals surface area contributed by atoms with Gasteiger partial charge in [-0.2, -0.15) is 18.3 Å². The second-order valence-corrected chi connectivity index (χ2v) is 5.20. The molecule has 0 saturated carbocycles. The zero-order valence-electron chi connectivity index (χ0n) is 9.71. The highest BCUT2D eigenvalue weighted by Gasteiger charge is 2.36. The summed E-state index contributed by atoms with van der Waals surface area (Å²) in [5.74, 6) is 0. The molecular weight excluding hydrogens is 313 g/mol.